The number of nitrogens with zero attached hydrogens (tertiary/aromatic N) is 3. The third kappa shape index (κ3) is 4.93. The van der Waals surface area contributed by atoms with Gasteiger partial charge in [0.25, 0.3) is 0 Å². The van der Waals surface area contributed by atoms with Crippen molar-refractivity contribution in [3.05, 3.63) is 47.1 Å². The second kappa shape index (κ2) is 9.45. The van der Waals surface area contributed by atoms with Crippen molar-refractivity contribution in [1.29, 1.82) is 0 Å². The molecule has 3 fully saturated rings. The summed E-state index contributed by atoms with van der Waals surface area (Å²) in [5.74, 6) is 1.81. The Balaban J connectivity index is 1.20. The van der Waals surface area contributed by atoms with Gasteiger partial charge in [-0.15, -0.1) is 0 Å². The van der Waals surface area contributed by atoms with Gasteiger partial charge in [-0.3, -0.25) is 0 Å². The number of piperidine rings is 2. The molecule has 6 nitrogen and oxygen atoms in total. The van der Waals surface area contributed by atoms with Gasteiger partial charge < -0.3 is 19.6 Å². The third-order valence-electron chi connectivity index (χ3n) is 7.70. The smallest absolute Gasteiger partial charge is 0.321 e. The Morgan fingerprint density at radius 3 is 2.39 bits per heavy atom. The zero-order chi connectivity index (χ0) is 22.9. The van der Waals surface area contributed by atoms with Crippen LogP contribution >= 0.6 is 0 Å². The number of rotatable bonds is 5. The van der Waals surface area contributed by atoms with Gasteiger partial charge in [-0.1, -0.05) is 17.3 Å². The third-order valence-corrected chi connectivity index (χ3v) is 7.70. The van der Waals surface area contributed by atoms with Crippen molar-refractivity contribution >= 4 is 11.7 Å². The molecular weight excluding hydrogens is 419 g/mol. The molecule has 2 amide bonds. The molecule has 178 valence electrons. The van der Waals surface area contributed by atoms with Gasteiger partial charge >= 0.3 is 6.03 Å². The lowest BCUT2D eigenvalue weighted by Gasteiger charge is -2.36. The molecule has 33 heavy (non-hydrogen) atoms. The molecule has 5 rings (SSSR count). The number of para-hydroxylation sites is 1. The molecule has 7 heteroatoms. The summed E-state index contributed by atoms with van der Waals surface area (Å²) in [6, 6.07) is 7.60. The van der Waals surface area contributed by atoms with E-state index in [0.717, 1.165) is 55.8 Å². The molecule has 0 bridgehead atoms. The van der Waals surface area contributed by atoms with Crippen molar-refractivity contribution in [2.24, 2.45) is 0 Å². The van der Waals surface area contributed by atoms with Gasteiger partial charge in [0.2, 0.25) is 0 Å². The highest BCUT2D eigenvalue weighted by Gasteiger charge is 2.32. The van der Waals surface area contributed by atoms with Gasteiger partial charge in [0.05, 0.1) is 11.4 Å². The van der Waals surface area contributed by atoms with Crippen LogP contribution in [-0.4, -0.2) is 53.2 Å². The molecule has 2 aromatic rings. The molecule has 0 radical (unpaired) electrons. The highest BCUT2D eigenvalue weighted by molar-refractivity contribution is 5.90. The van der Waals surface area contributed by atoms with Crippen LogP contribution in [0.25, 0.3) is 0 Å². The number of likely N-dealkylation sites (tertiary alicyclic amines) is 2. The van der Waals surface area contributed by atoms with Crippen molar-refractivity contribution in [2.45, 2.75) is 76.2 Å². The summed E-state index contributed by atoms with van der Waals surface area (Å²) in [7, 11) is 0. The van der Waals surface area contributed by atoms with Crippen LogP contribution in [-0.2, 0) is 0 Å². The maximum atomic E-state index is 14.8. The molecule has 0 unspecified atom stereocenters. The summed E-state index contributed by atoms with van der Waals surface area (Å²) in [6.45, 7) is 7.71. The summed E-state index contributed by atoms with van der Waals surface area (Å²) >= 11 is 0. The van der Waals surface area contributed by atoms with E-state index >= 15 is 0 Å². The van der Waals surface area contributed by atoms with Gasteiger partial charge in [-0.2, -0.15) is 0 Å². The van der Waals surface area contributed by atoms with Crippen molar-refractivity contribution in [1.82, 2.24) is 15.0 Å². The van der Waals surface area contributed by atoms with E-state index in [1.807, 2.05) is 6.07 Å². The average molecular weight is 455 g/mol. The molecule has 2 saturated heterocycles. The van der Waals surface area contributed by atoms with E-state index in [-0.39, 0.29) is 17.8 Å². The summed E-state index contributed by atoms with van der Waals surface area (Å²) in [5.41, 5.74) is 2.30. The zero-order valence-corrected chi connectivity index (χ0v) is 19.7. The van der Waals surface area contributed by atoms with E-state index in [1.54, 1.807) is 11.0 Å². The van der Waals surface area contributed by atoms with Crippen LogP contribution in [0.4, 0.5) is 14.9 Å². The van der Waals surface area contributed by atoms with Crippen LogP contribution in [0, 0.1) is 5.82 Å². The summed E-state index contributed by atoms with van der Waals surface area (Å²) in [5, 5.41) is 7.21. The Bertz CT molecular complexity index is 970. The summed E-state index contributed by atoms with van der Waals surface area (Å²) in [6.07, 6.45) is 6.06. The molecule has 1 saturated carbocycles. The minimum absolute atomic E-state index is 0.210. The Labute approximate surface area is 195 Å². The molecule has 0 atom stereocenters. The number of aromatic nitrogens is 1. The first-order valence-corrected chi connectivity index (χ1v) is 12.5. The number of carbonyl (C=O) groups is 1. The fraction of sp³-hybridized carbons (Fsp3) is 0.615. The number of urea groups is 1. The maximum absolute atomic E-state index is 14.8. The highest BCUT2D eigenvalue weighted by atomic mass is 19.1. The van der Waals surface area contributed by atoms with Gasteiger partial charge in [-0.25, -0.2) is 9.18 Å². The Hall–Kier alpha value is -2.41. The normalized spacial score (nSPS) is 21.0. The number of benzene rings is 1. The minimum atomic E-state index is -0.350. The Morgan fingerprint density at radius 2 is 1.73 bits per heavy atom. The molecule has 3 aliphatic rings. The summed E-state index contributed by atoms with van der Waals surface area (Å²) in [4.78, 5) is 17.3. The molecule has 1 aromatic carbocycles. The topological polar surface area (TPSA) is 61.6 Å². The van der Waals surface area contributed by atoms with Crippen molar-refractivity contribution < 1.29 is 13.7 Å². The molecule has 1 N–H and O–H groups in total. The van der Waals surface area contributed by atoms with E-state index in [0.29, 0.717) is 36.7 Å². The van der Waals surface area contributed by atoms with E-state index in [9.17, 15) is 9.18 Å². The highest BCUT2D eigenvalue weighted by Crippen LogP contribution is 2.41. The SMILES string of the molecule is CC(C)N1CCC(c2cccc(F)c2NC(=O)N2CCC(c3cc(C4CC4)on3)CC2)CC1. The first-order chi connectivity index (χ1) is 16.0. The molecule has 3 heterocycles. The molecule has 1 aromatic heterocycles. The number of nitrogens with one attached hydrogen (secondary N) is 1. The van der Waals surface area contributed by atoms with E-state index in [2.05, 4.69) is 35.3 Å². The van der Waals surface area contributed by atoms with Crippen LogP contribution in [0.5, 0.6) is 0 Å². The average Bonchev–Trinajstić information content (AvgIpc) is 3.57. The molecule has 2 aliphatic heterocycles. The fourth-order valence-electron chi connectivity index (χ4n) is 5.36. The first-order valence-electron chi connectivity index (χ1n) is 12.5. The molecular formula is C26H35FN4O2. The number of hydrogen-bond acceptors (Lipinski definition) is 4. The monoisotopic (exact) mass is 454 g/mol. The van der Waals surface area contributed by atoms with Crippen LogP contribution in [0.15, 0.2) is 28.8 Å². The predicted molar refractivity (Wildman–Crippen MR) is 126 cm³/mol. The largest absolute Gasteiger partial charge is 0.361 e. The lowest BCUT2D eigenvalue weighted by Crippen LogP contribution is -2.41. The van der Waals surface area contributed by atoms with E-state index in [4.69, 9.17) is 4.52 Å². The zero-order valence-electron chi connectivity index (χ0n) is 19.7. The van der Waals surface area contributed by atoms with Gasteiger partial charge in [0, 0.05) is 37.0 Å². The number of hydrogen-bond donors (Lipinski definition) is 1. The van der Waals surface area contributed by atoms with E-state index < -0.39 is 0 Å². The number of anilines is 1. The van der Waals surface area contributed by atoms with Crippen molar-refractivity contribution in [2.75, 3.05) is 31.5 Å². The molecule has 0 spiro atoms. The van der Waals surface area contributed by atoms with Crippen LogP contribution in [0.2, 0.25) is 0 Å². The van der Waals surface area contributed by atoms with Gasteiger partial charge in [0.1, 0.15) is 11.6 Å². The number of amides is 2. The Morgan fingerprint density at radius 1 is 1.03 bits per heavy atom. The van der Waals surface area contributed by atoms with Crippen LogP contribution in [0.1, 0.15) is 87.1 Å². The van der Waals surface area contributed by atoms with Crippen molar-refractivity contribution in [3.63, 3.8) is 0 Å². The fourth-order valence-corrected chi connectivity index (χ4v) is 5.36. The maximum Gasteiger partial charge on any atom is 0.321 e. The van der Waals surface area contributed by atoms with Crippen LogP contribution in [0.3, 0.4) is 0 Å². The minimum Gasteiger partial charge on any atom is -0.361 e. The quantitative estimate of drug-likeness (QED) is 0.630. The summed E-state index contributed by atoms with van der Waals surface area (Å²) < 4.78 is 20.3. The lowest BCUT2D eigenvalue weighted by atomic mass is 9.87. The number of halogens is 1. The van der Waals surface area contributed by atoms with Gasteiger partial charge in [-0.05, 0) is 83.0 Å². The number of carbonyl (C=O) groups excluding carboxylic acids is 1. The standard InChI is InChI=1S/C26H35FN4O2/c1-17(2)30-12-8-18(9-13-30)21-4-3-5-22(27)25(21)28-26(32)31-14-10-19(11-15-31)23-16-24(33-29-23)20-6-7-20/h3-5,16-20H,6-15H2,1-2H3,(H,28,32). The van der Waals surface area contributed by atoms with Crippen LogP contribution < -0.4 is 5.32 Å². The second-order valence-corrected chi connectivity index (χ2v) is 10.2. The Kier molecular flexibility index (Phi) is 6.41. The van der Waals surface area contributed by atoms with E-state index in [1.165, 1.54) is 18.9 Å². The predicted octanol–water partition coefficient (Wildman–Crippen LogP) is 5.69. The van der Waals surface area contributed by atoms with Gasteiger partial charge in [0.15, 0.2) is 0 Å². The van der Waals surface area contributed by atoms with Crippen molar-refractivity contribution in [3.8, 4) is 0 Å². The first kappa shape index (κ1) is 22.4. The second-order valence-electron chi connectivity index (χ2n) is 10.2. The lowest BCUT2D eigenvalue weighted by molar-refractivity contribution is 0.172. The molecule has 1 aliphatic carbocycles.